The number of nitrogens with zero attached hydrogens (tertiary/aromatic N) is 2. The summed E-state index contributed by atoms with van der Waals surface area (Å²) in [7, 11) is -4.45. The molecule has 0 saturated carbocycles. The molecule has 2 aromatic carbocycles. The summed E-state index contributed by atoms with van der Waals surface area (Å²) in [5, 5.41) is 21.1. The molecule has 1 heterocycles. The first-order valence-corrected chi connectivity index (χ1v) is 13.7. The maximum atomic E-state index is 13.8. The van der Waals surface area contributed by atoms with Crippen molar-refractivity contribution in [3.05, 3.63) is 58.6 Å². The Hall–Kier alpha value is -2.39. The van der Waals surface area contributed by atoms with Crippen molar-refractivity contribution in [2.45, 2.75) is 29.8 Å². The number of aliphatic hydroxyl groups is 2. The summed E-state index contributed by atoms with van der Waals surface area (Å²) in [6.07, 6.45) is -7.99. The maximum Gasteiger partial charge on any atom is 0.471 e. The zero-order valence-electron chi connectivity index (χ0n) is 19.0. The second-order valence-electron chi connectivity index (χ2n) is 7.97. The second kappa shape index (κ2) is 11.6. The molecule has 0 aromatic heterocycles. The van der Waals surface area contributed by atoms with E-state index in [0.29, 0.717) is 4.90 Å². The van der Waals surface area contributed by atoms with Crippen molar-refractivity contribution < 1.29 is 41.4 Å². The van der Waals surface area contributed by atoms with Gasteiger partial charge >= 0.3 is 12.1 Å². The Morgan fingerprint density at radius 2 is 1.84 bits per heavy atom. The van der Waals surface area contributed by atoms with Crippen LogP contribution in [0.2, 0.25) is 5.02 Å². The number of sulfonamides is 1. The molecule has 0 fully saturated rings. The number of carbonyl (C=O) groups excluding carboxylic acids is 2. The normalized spacial score (nSPS) is 16.5. The Morgan fingerprint density at radius 1 is 1.16 bits per heavy atom. The molecule has 37 heavy (non-hydrogen) atoms. The molecule has 15 heteroatoms. The van der Waals surface area contributed by atoms with Gasteiger partial charge in [0, 0.05) is 30.1 Å². The molecule has 2 aromatic rings. The van der Waals surface area contributed by atoms with E-state index in [1.54, 1.807) is 0 Å². The van der Waals surface area contributed by atoms with Crippen LogP contribution in [0.3, 0.4) is 0 Å². The maximum absolute atomic E-state index is 13.8. The summed E-state index contributed by atoms with van der Waals surface area (Å²) in [6, 6.07) is 7.71. The Kier molecular flexibility index (Phi) is 9.11. The number of anilines is 1. The molecule has 0 bridgehead atoms. The first-order chi connectivity index (χ1) is 17.3. The number of alkyl halides is 4. The summed E-state index contributed by atoms with van der Waals surface area (Å²) in [4.78, 5) is 24.2. The summed E-state index contributed by atoms with van der Waals surface area (Å²) < 4.78 is 69.7. The van der Waals surface area contributed by atoms with Crippen LogP contribution in [-0.2, 0) is 19.6 Å². The minimum Gasteiger partial charge on any atom is -0.368 e. The van der Waals surface area contributed by atoms with Crippen LogP contribution in [0.15, 0.2) is 47.4 Å². The third-order valence-electron chi connectivity index (χ3n) is 5.54. The van der Waals surface area contributed by atoms with Crippen molar-refractivity contribution >= 4 is 55.1 Å². The zero-order chi connectivity index (χ0) is 27.5. The molecular weight excluding hydrogens is 607 g/mol. The van der Waals surface area contributed by atoms with Crippen LogP contribution in [0, 0.1) is 0 Å². The number of para-hydroxylation sites is 1. The monoisotopic (exact) mass is 627 g/mol. The minimum absolute atomic E-state index is 0.0148. The lowest BCUT2D eigenvalue weighted by atomic mass is 9.94. The molecule has 0 aliphatic carbocycles. The fourth-order valence-electron chi connectivity index (χ4n) is 4.00. The van der Waals surface area contributed by atoms with E-state index >= 15 is 0 Å². The van der Waals surface area contributed by atoms with Crippen molar-refractivity contribution in [2.75, 3.05) is 29.3 Å². The van der Waals surface area contributed by atoms with Gasteiger partial charge in [-0.3, -0.25) is 13.9 Å². The van der Waals surface area contributed by atoms with Gasteiger partial charge in [0.05, 0.1) is 28.5 Å². The highest BCUT2D eigenvalue weighted by Gasteiger charge is 2.48. The van der Waals surface area contributed by atoms with Gasteiger partial charge in [0.2, 0.25) is 5.91 Å². The molecule has 0 spiro atoms. The summed E-state index contributed by atoms with van der Waals surface area (Å²) in [5.41, 5.74) is -0.129. The molecule has 9 nitrogen and oxygen atoms in total. The summed E-state index contributed by atoms with van der Waals surface area (Å²) >= 11 is 9.06. The van der Waals surface area contributed by atoms with E-state index in [2.05, 4.69) is 21.2 Å². The molecule has 0 radical (unpaired) electrons. The van der Waals surface area contributed by atoms with Crippen LogP contribution in [0.1, 0.15) is 23.6 Å². The first-order valence-electron chi connectivity index (χ1n) is 10.8. The number of fused-ring (bicyclic) bond motifs is 2. The lowest BCUT2D eigenvalue weighted by Crippen LogP contribution is -2.45. The lowest BCUT2D eigenvalue weighted by Gasteiger charge is -2.34. The molecule has 3 rings (SSSR count). The Balaban J connectivity index is 2.29. The predicted octanol–water partition coefficient (Wildman–Crippen LogP) is 2.54. The van der Waals surface area contributed by atoms with Gasteiger partial charge in [-0.25, -0.2) is 8.42 Å². The Labute approximate surface area is 224 Å². The molecule has 1 unspecified atom stereocenters. The number of halogens is 5. The van der Waals surface area contributed by atoms with Crippen molar-refractivity contribution in [1.82, 2.24) is 10.2 Å². The zero-order valence-corrected chi connectivity index (χ0v) is 22.1. The summed E-state index contributed by atoms with van der Waals surface area (Å²) in [5.74, 6) is -2.70. The van der Waals surface area contributed by atoms with E-state index in [-0.39, 0.29) is 40.3 Å². The van der Waals surface area contributed by atoms with Crippen molar-refractivity contribution in [3.8, 4) is 0 Å². The van der Waals surface area contributed by atoms with Gasteiger partial charge in [0.1, 0.15) is 0 Å². The van der Waals surface area contributed by atoms with Crippen LogP contribution in [0.4, 0.5) is 18.9 Å². The quantitative estimate of drug-likeness (QED) is 0.305. The Morgan fingerprint density at radius 3 is 2.46 bits per heavy atom. The Bertz CT molecular complexity index is 1280. The second-order valence-corrected chi connectivity index (χ2v) is 10.8. The van der Waals surface area contributed by atoms with Crippen molar-refractivity contribution in [3.63, 3.8) is 0 Å². The smallest absolute Gasteiger partial charge is 0.368 e. The minimum atomic E-state index is -5.34. The van der Waals surface area contributed by atoms with Crippen LogP contribution in [-0.4, -0.2) is 72.8 Å². The number of rotatable bonds is 8. The molecule has 3 N–H and O–H groups in total. The van der Waals surface area contributed by atoms with Gasteiger partial charge in [-0.15, -0.1) is 0 Å². The van der Waals surface area contributed by atoms with Gasteiger partial charge in [0.15, 0.2) is 6.29 Å². The first kappa shape index (κ1) is 29.2. The van der Waals surface area contributed by atoms with Gasteiger partial charge in [0.25, 0.3) is 10.0 Å². The SMILES string of the molecule is O=C(CBr)NCCN1c2ccccc2C(N(CCC(O)O)C(=O)C(F)(F)F)c2ccc(Cl)cc2S1(=O)=O. The highest BCUT2D eigenvalue weighted by Crippen LogP contribution is 2.45. The molecule has 0 saturated heterocycles. The van der Waals surface area contributed by atoms with Gasteiger partial charge < -0.3 is 20.4 Å². The number of amides is 2. The van der Waals surface area contributed by atoms with Gasteiger partial charge in [-0.2, -0.15) is 13.2 Å². The van der Waals surface area contributed by atoms with Gasteiger partial charge in [-0.05, 0) is 23.8 Å². The number of hydrogen-bond donors (Lipinski definition) is 3. The highest BCUT2D eigenvalue weighted by atomic mass is 79.9. The topological polar surface area (TPSA) is 127 Å². The van der Waals surface area contributed by atoms with Crippen LogP contribution < -0.4 is 9.62 Å². The fraction of sp³-hybridized carbons (Fsp3) is 0.364. The number of benzene rings is 2. The van der Waals surface area contributed by atoms with Crippen LogP contribution >= 0.6 is 27.5 Å². The molecule has 202 valence electrons. The average Bonchev–Trinajstić information content (AvgIpc) is 2.90. The number of carbonyl (C=O) groups is 2. The summed E-state index contributed by atoms with van der Waals surface area (Å²) in [6.45, 7) is -1.15. The standard InChI is InChI=1S/C22H22BrClF3N3O6S/c23-12-18(31)28-8-10-30-16-4-2-1-3-14(16)20(15-6-5-13(24)11-17(15)37(30,35)36)29(9-7-19(32)33)21(34)22(25,26)27/h1-6,11,19-20,32-33H,7-10,12H2,(H,28,31). The van der Waals surface area contributed by atoms with Crippen molar-refractivity contribution in [2.24, 2.45) is 0 Å². The van der Waals surface area contributed by atoms with E-state index < -0.39 is 58.2 Å². The fourth-order valence-corrected chi connectivity index (χ4v) is 6.19. The average molecular weight is 629 g/mol. The number of hydrogen-bond acceptors (Lipinski definition) is 6. The third kappa shape index (κ3) is 6.37. The van der Waals surface area contributed by atoms with E-state index in [4.69, 9.17) is 11.6 Å². The molecule has 1 atom stereocenters. The van der Waals surface area contributed by atoms with E-state index in [1.807, 2.05) is 0 Å². The predicted molar refractivity (Wildman–Crippen MR) is 132 cm³/mol. The van der Waals surface area contributed by atoms with E-state index in [1.165, 1.54) is 36.4 Å². The highest BCUT2D eigenvalue weighted by molar-refractivity contribution is 9.09. The molecule has 1 aliphatic rings. The van der Waals surface area contributed by atoms with Crippen LogP contribution in [0.25, 0.3) is 0 Å². The van der Waals surface area contributed by atoms with E-state index in [0.717, 1.165) is 10.4 Å². The molecular formula is C22H22BrClF3N3O6S. The largest absolute Gasteiger partial charge is 0.471 e. The van der Waals surface area contributed by atoms with Crippen molar-refractivity contribution in [1.29, 1.82) is 0 Å². The molecule has 2 amide bonds. The lowest BCUT2D eigenvalue weighted by molar-refractivity contribution is -0.188. The van der Waals surface area contributed by atoms with Gasteiger partial charge in [-0.1, -0.05) is 51.8 Å². The third-order valence-corrected chi connectivity index (χ3v) is 8.15. The number of nitrogens with one attached hydrogen (secondary N) is 1. The number of aliphatic hydroxyl groups excluding tert-OH is 1. The molecule has 1 aliphatic heterocycles. The van der Waals surface area contributed by atoms with E-state index in [9.17, 15) is 41.4 Å². The van der Waals surface area contributed by atoms with Crippen LogP contribution in [0.5, 0.6) is 0 Å².